The maximum absolute atomic E-state index is 11.6. The van der Waals surface area contributed by atoms with E-state index in [-0.39, 0.29) is 5.56 Å². The SMILES string of the molecule is Nc1cc2c(=O)[nH]cnc2cc1N1CC(O)C(O)C1. The summed E-state index contributed by atoms with van der Waals surface area (Å²) in [4.78, 5) is 20.0. The van der Waals surface area contributed by atoms with Crippen molar-refractivity contribution < 1.29 is 10.2 Å². The molecule has 0 saturated carbocycles. The van der Waals surface area contributed by atoms with Crippen LogP contribution in [0.2, 0.25) is 0 Å². The van der Waals surface area contributed by atoms with E-state index in [2.05, 4.69) is 9.97 Å². The number of rotatable bonds is 1. The smallest absolute Gasteiger partial charge is 0.258 e. The van der Waals surface area contributed by atoms with Crippen molar-refractivity contribution in [3.63, 3.8) is 0 Å². The number of nitrogens with zero attached hydrogens (tertiary/aromatic N) is 2. The van der Waals surface area contributed by atoms with Gasteiger partial charge in [-0.2, -0.15) is 0 Å². The summed E-state index contributed by atoms with van der Waals surface area (Å²) < 4.78 is 0. The van der Waals surface area contributed by atoms with Gasteiger partial charge in [-0.25, -0.2) is 4.98 Å². The van der Waals surface area contributed by atoms with E-state index in [1.165, 1.54) is 6.33 Å². The molecule has 0 amide bonds. The Labute approximate surface area is 108 Å². The van der Waals surface area contributed by atoms with Crippen LogP contribution in [0.5, 0.6) is 0 Å². The van der Waals surface area contributed by atoms with Gasteiger partial charge < -0.3 is 25.8 Å². The molecule has 2 unspecified atom stereocenters. The van der Waals surface area contributed by atoms with Crippen LogP contribution in [-0.2, 0) is 0 Å². The third-order valence-corrected chi connectivity index (χ3v) is 3.39. The highest BCUT2D eigenvalue weighted by molar-refractivity contribution is 5.88. The van der Waals surface area contributed by atoms with Crippen molar-refractivity contribution >= 4 is 22.3 Å². The molecule has 19 heavy (non-hydrogen) atoms. The molecule has 5 N–H and O–H groups in total. The largest absolute Gasteiger partial charge is 0.397 e. The number of β-amino-alcohol motifs (C(OH)–C–C–N with tert-alkyl or cyclic N) is 2. The lowest BCUT2D eigenvalue weighted by molar-refractivity contribution is 0.0572. The fraction of sp³-hybridized carbons (Fsp3) is 0.333. The number of nitrogen functional groups attached to an aromatic ring is 1. The van der Waals surface area contributed by atoms with Gasteiger partial charge in [0.2, 0.25) is 0 Å². The summed E-state index contributed by atoms with van der Waals surface area (Å²) in [5.74, 6) is 0. The maximum Gasteiger partial charge on any atom is 0.258 e. The number of anilines is 2. The monoisotopic (exact) mass is 262 g/mol. The summed E-state index contributed by atoms with van der Waals surface area (Å²) >= 11 is 0. The number of aliphatic hydroxyl groups excluding tert-OH is 2. The van der Waals surface area contributed by atoms with Crippen molar-refractivity contribution in [1.82, 2.24) is 9.97 Å². The van der Waals surface area contributed by atoms with Crippen molar-refractivity contribution in [2.75, 3.05) is 23.7 Å². The van der Waals surface area contributed by atoms with Gasteiger partial charge in [0, 0.05) is 13.1 Å². The first kappa shape index (κ1) is 11.9. The van der Waals surface area contributed by atoms with Gasteiger partial charge in [-0.15, -0.1) is 0 Å². The number of hydrogen-bond acceptors (Lipinski definition) is 6. The van der Waals surface area contributed by atoms with Gasteiger partial charge in [-0.1, -0.05) is 0 Å². The Morgan fingerprint density at radius 3 is 2.68 bits per heavy atom. The molecule has 0 spiro atoms. The molecule has 2 heterocycles. The molecule has 0 bridgehead atoms. The van der Waals surface area contributed by atoms with Crippen LogP contribution in [0.15, 0.2) is 23.3 Å². The van der Waals surface area contributed by atoms with Crippen LogP contribution in [0.3, 0.4) is 0 Å². The van der Waals surface area contributed by atoms with Crippen LogP contribution in [0.25, 0.3) is 10.9 Å². The standard InChI is InChI=1S/C12H14N4O3/c13-7-1-6-8(14-5-15-12(6)19)2-9(7)16-3-10(17)11(18)4-16/h1-2,5,10-11,17-18H,3-4,13H2,(H,14,15,19). The van der Waals surface area contributed by atoms with Crippen molar-refractivity contribution in [3.8, 4) is 0 Å². The minimum atomic E-state index is -0.790. The van der Waals surface area contributed by atoms with E-state index < -0.39 is 12.2 Å². The second kappa shape index (κ2) is 4.22. The summed E-state index contributed by atoms with van der Waals surface area (Å²) in [5, 5.41) is 19.6. The minimum Gasteiger partial charge on any atom is -0.397 e. The first-order chi connectivity index (χ1) is 9.06. The topological polar surface area (TPSA) is 115 Å². The highest BCUT2D eigenvalue weighted by Gasteiger charge is 2.30. The van der Waals surface area contributed by atoms with Gasteiger partial charge in [0.25, 0.3) is 5.56 Å². The lowest BCUT2D eigenvalue weighted by Gasteiger charge is -2.20. The maximum atomic E-state index is 11.6. The zero-order chi connectivity index (χ0) is 13.6. The van der Waals surface area contributed by atoms with E-state index in [0.29, 0.717) is 35.4 Å². The molecule has 2 aromatic rings. The average Bonchev–Trinajstić information content (AvgIpc) is 2.70. The highest BCUT2D eigenvalue weighted by atomic mass is 16.3. The summed E-state index contributed by atoms with van der Waals surface area (Å²) in [6, 6.07) is 3.26. The number of aliphatic hydroxyl groups is 2. The van der Waals surface area contributed by atoms with Gasteiger partial charge in [0.05, 0.1) is 40.8 Å². The molecule has 1 fully saturated rings. The number of aromatic nitrogens is 2. The van der Waals surface area contributed by atoms with E-state index in [1.54, 1.807) is 17.0 Å². The van der Waals surface area contributed by atoms with Gasteiger partial charge in [0.1, 0.15) is 0 Å². The van der Waals surface area contributed by atoms with E-state index in [1.807, 2.05) is 0 Å². The molecule has 0 radical (unpaired) electrons. The summed E-state index contributed by atoms with van der Waals surface area (Å²) in [5.41, 5.74) is 7.32. The Kier molecular flexibility index (Phi) is 2.65. The number of H-pyrrole nitrogens is 1. The average molecular weight is 262 g/mol. The van der Waals surface area contributed by atoms with E-state index in [0.717, 1.165) is 0 Å². The number of nitrogens with two attached hydrogens (primary N) is 1. The van der Waals surface area contributed by atoms with Crippen LogP contribution in [0, 0.1) is 0 Å². The first-order valence-corrected chi connectivity index (χ1v) is 5.94. The zero-order valence-electron chi connectivity index (χ0n) is 10.1. The van der Waals surface area contributed by atoms with Crippen LogP contribution in [-0.4, -0.2) is 45.5 Å². The Morgan fingerprint density at radius 2 is 2.00 bits per heavy atom. The Bertz CT molecular complexity index is 674. The summed E-state index contributed by atoms with van der Waals surface area (Å²) in [6.07, 6.45) is -0.248. The predicted molar refractivity (Wildman–Crippen MR) is 71.0 cm³/mol. The second-order valence-corrected chi connectivity index (χ2v) is 4.70. The molecule has 1 aliphatic rings. The normalized spacial score (nSPS) is 23.2. The fourth-order valence-corrected chi connectivity index (χ4v) is 2.36. The molecule has 1 aliphatic heterocycles. The second-order valence-electron chi connectivity index (χ2n) is 4.70. The van der Waals surface area contributed by atoms with Gasteiger partial charge >= 0.3 is 0 Å². The van der Waals surface area contributed by atoms with Crippen molar-refractivity contribution in [3.05, 3.63) is 28.8 Å². The molecule has 7 heteroatoms. The molecule has 100 valence electrons. The van der Waals surface area contributed by atoms with Gasteiger partial charge in [-0.05, 0) is 12.1 Å². The fourth-order valence-electron chi connectivity index (χ4n) is 2.36. The highest BCUT2D eigenvalue weighted by Crippen LogP contribution is 2.29. The molecular weight excluding hydrogens is 248 g/mol. The van der Waals surface area contributed by atoms with Gasteiger partial charge in [-0.3, -0.25) is 4.79 Å². The van der Waals surface area contributed by atoms with E-state index in [9.17, 15) is 15.0 Å². The Balaban J connectivity index is 2.10. The third-order valence-electron chi connectivity index (χ3n) is 3.39. The van der Waals surface area contributed by atoms with Crippen molar-refractivity contribution in [2.45, 2.75) is 12.2 Å². The number of fused-ring (bicyclic) bond motifs is 1. The third kappa shape index (κ3) is 1.92. The van der Waals surface area contributed by atoms with Gasteiger partial charge in [0.15, 0.2) is 0 Å². The summed E-state index contributed by atoms with van der Waals surface area (Å²) in [7, 11) is 0. The lowest BCUT2D eigenvalue weighted by atomic mass is 10.2. The zero-order valence-corrected chi connectivity index (χ0v) is 10.1. The van der Waals surface area contributed by atoms with E-state index >= 15 is 0 Å². The molecule has 2 atom stereocenters. The number of aromatic amines is 1. The number of benzene rings is 1. The molecular formula is C12H14N4O3. The molecule has 3 rings (SSSR count). The summed E-state index contributed by atoms with van der Waals surface area (Å²) in [6.45, 7) is 0.611. The number of nitrogens with one attached hydrogen (secondary N) is 1. The number of hydrogen-bond donors (Lipinski definition) is 4. The van der Waals surface area contributed by atoms with Crippen molar-refractivity contribution in [1.29, 1.82) is 0 Å². The first-order valence-electron chi connectivity index (χ1n) is 5.94. The molecule has 0 aliphatic carbocycles. The van der Waals surface area contributed by atoms with Crippen LogP contribution in [0.4, 0.5) is 11.4 Å². The van der Waals surface area contributed by atoms with E-state index in [4.69, 9.17) is 5.73 Å². The Morgan fingerprint density at radius 1 is 1.32 bits per heavy atom. The molecule has 1 aromatic carbocycles. The van der Waals surface area contributed by atoms with Crippen LogP contribution in [0.1, 0.15) is 0 Å². The minimum absolute atomic E-state index is 0.246. The Hall–Kier alpha value is -2.12. The molecule has 1 aromatic heterocycles. The van der Waals surface area contributed by atoms with Crippen LogP contribution >= 0.6 is 0 Å². The predicted octanol–water partition coefficient (Wildman–Crippen LogP) is -0.953. The van der Waals surface area contributed by atoms with Crippen LogP contribution < -0.4 is 16.2 Å². The molecule has 1 saturated heterocycles. The van der Waals surface area contributed by atoms with Crippen molar-refractivity contribution in [2.24, 2.45) is 0 Å². The molecule has 7 nitrogen and oxygen atoms in total. The quantitative estimate of drug-likeness (QED) is 0.492. The lowest BCUT2D eigenvalue weighted by Crippen LogP contribution is -2.22.